The van der Waals surface area contributed by atoms with Crippen LogP contribution in [0.25, 0.3) is 33.2 Å². The molecular weight excluding hydrogens is 509 g/mol. The number of primary amides is 1. The van der Waals surface area contributed by atoms with Gasteiger partial charge in [0.25, 0.3) is 0 Å². The fourth-order valence-electron chi connectivity index (χ4n) is 5.20. The Kier molecular flexibility index (Phi) is 6.68. The maximum atomic E-state index is 15.5. The maximum Gasteiger partial charge on any atom is 0.407 e. The molecule has 1 aromatic carbocycles. The Morgan fingerprint density at radius 3 is 2.56 bits per heavy atom. The summed E-state index contributed by atoms with van der Waals surface area (Å²) in [7, 11) is 3.10. The Labute approximate surface area is 222 Å². The maximum absolute atomic E-state index is 15.5. The number of anilines is 1. The molecule has 5 rings (SSSR count). The number of methoxy groups -OCH3 is 1. The molecule has 1 aliphatic heterocycles. The normalized spacial score (nSPS) is 17.7. The third-order valence-corrected chi connectivity index (χ3v) is 6.83. The van der Waals surface area contributed by atoms with Gasteiger partial charge in [-0.3, -0.25) is 14.4 Å². The van der Waals surface area contributed by atoms with Gasteiger partial charge >= 0.3 is 6.09 Å². The first kappa shape index (κ1) is 26.1. The number of nitrogens with zero attached hydrogens (tertiary/aromatic N) is 6. The summed E-state index contributed by atoms with van der Waals surface area (Å²) in [6.07, 6.45) is 2.32. The molecular formula is C26H28FN7O5. The smallest absolute Gasteiger partial charge is 0.407 e. The van der Waals surface area contributed by atoms with Gasteiger partial charge in [0, 0.05) is 49.8 Å². The van der Waals surface area contributed by atoms with E-state index in [1.54, 1.807) is 31.6 Å². The molecule has 2 amide bonds. The standard InChI is InChI=1S/C26H28FN7O5/c1-13-9-33(10-14(2)34(13)26(36)37)16-6-18-17(24(28)35)7-20(30-25(18)29-8-16)19-5-15-11-32(3)31-22(15)21(27)23(19)39-12-38-4/h5-8,11,13-14H,9-10,12H2,1-4H3,(H2,28,35)(H,36,37). The molecule has 12 nitrogen and oxygen atoms in total. The lowest BCUT2D eigenvalue weighted by atomic mass is 10.0. The first-order valence-electron chi connectivity index (χ1n) is 12.2. The number of carbonyl (C=O) groups is 2. The fourth-order valence-corrected chi connectivity index (χ4v) is 5.20. The number of amides is 2. The second-order valence-electron chi connectivity index (χ2n) is 9.64. The number of ether oxygens (including phenoxy) is 2. The van der Waals surface area contributed by atoms with Crippen molar-refractivity contribution in [2.75, 3.05) is 31.9 Å². The number of nitrogens with two attached hydrogens (primary N) is 1. The molecule has 204 valence electrons. The van der Waals surface area contributed by atoms with Gasteiger partial charge in [-0.2, -0.15) is 5.10 Å². The lowest BCUT2D eigenvalue weighted by molar-refractivity contribution is 0.0489. The van der Waals surface area contributed by atoms with Gasteiger partial charge in [0.2, 0.25) is 5.91 Å². The van der Waals surface area contributed by atoms with E-state index < -0.39 is 17.8 Å². The first-order chi connectivity index (χ1) is 18.6. The van der Waals surface area contributed by atoms with Gasteiger partial charge in [-0.05, 0) is 32.0 Å². The van der Waals surface area contributed by atoms with E-state index in [1.165, 1.54) is 22.8 Å². The minimum absolute atomic E-state index is 0.123. The summed E-state index contributed by atoms with van der Waals surface area (Å²) in [5.41, 5.74) is 7.51. The van der Waals surface area contributed by atoms with Crippen LogP contribution in [0.1, 0.15) is 24.2 Å². The molecule has 0 radical (unpaired) electrons. The van der Waals surface area contributed by atoms with Crippen LogP contribution in [0.15, 0.2) is 30.6 Å². The fraction of sp³-hybridized carbons (Fsp3) is 0.346. The molecule has 0 bridgehead atoms. The van der Waals surface area contributed by atoms with Gasteiger partial charge in [-0.1, -0.05) is 0 Å². The Hall–Kier alpha value is -4.52. The van der Waals surface area contributed by atoms with Crippen molar-refractivity contribution in [2.45, 2.75) is 25.9 Å². The minimum Gasteiger partial charge on any atom is -0.465 e. The molecule has 2 atom stereocenters. The van der Waals surface area contributed by atoms with Crippen LogP contribution in [0.2, 0.25) is 0 Å². The topological polar surface area (TPSA) is 149 Å². The molecule has 3 aromatic heterocycles. The molecule has 4 aromatic rings. The van der Waals surface area contributed by atoms with Crippen LogP contribution in [0.5, 0.6) is 5.75 Å². The number of aromatic nitrogens is 4. The van der Waals surface area contributed by atoms with E-state index in [9.17, 15) is 14.7 Å². The Balaban J connectivity index is 1.62. The van der Waals surface area contributed by atoms with Gasteiger partial charge in [0.15, 0.2) is 24.0 Å². The molecule has 1 aliphatic rings. The monoisotopic (exact) mass is 537 g/mol. The molecule has 39 heavy (non-hydrogen) atoms. The number of carbonyl (C=O) groups excluding carboxylic acids is 1. The molecule has 0 aliphatic carbocycles. The van der Waals surface area contributed by atoms with Crippen LogP contribution >= 0.6 is 0 Å². The van der Waals surface area contributed by atoms with Crippen LogP contribution in [0.3, 0.4) is 0 Å². The summed E-state index contributed by atoms with van der Waals surface area (Å²) >= 11 is 0. The van der Waals surface area contributed by atoms with Crippen LogP contribution in [-0.2, 0) is 11.8 Å². The predicted octanol–water partition coefficient (Wildman–Crippen LogP) is 2.98. The summed E-state index contributed by atoms with van der Waals surface area (Å²) in [5, 5.41) is 14.6. The van der Waals surface area contributed by atoms with Crippen molar-refractivity contribution >= 4 is 39.6 Å². The number of carboxylic acid groups (broad SMARTS) is 1. The number of benzene rings is 1. The van der Waals surface area contributed by atoms with E-state index in [0.29, 0.717) is 29.5 Å². The van der Waals surface area contributed by atoms with Crippen molar-refractivity contribution in [3.63, 3.8) is 0 Å². The SMILES string of the molecule is COCOc1c(-c2cc(C(N)=O)c3cc(N4CC(C)N(C(=O)O)C(C)C4)cnc3n2)cc2cn(C)nc2c1F. The van der Waals surface area contributed by atoms with Gasteiger partial charge in [-0.15, -0.1) is 0 Å². The second-order valence-corrected chi connectivity index (χ2v) is 9.64. The summed E-state index contributed by atoms with van der Waals surface area (Å²) < 4.78 is 27.5. The number of halogens is 1. The highest BCUT2D eigenvalue weighted by Crippen LogP contribution is 2.38. The Bertz CT molecular complexity index is 1600. The highest BCUT2D eigenvalue weighted by atomic mass is 19.1. The van der Waals surface area contributed by atoms with E-state index >= 15 is 4.39 Å². The zero-order chi connectivity index (χ0) is 28.0. The first-order valence-corrected chi connectivity index (χ1v) is 12.2. The van der Waals surface area contributed by atoms with Crippen molar-refractivity contribution < 1.29 is 28.6 Å². The van der Waals surface area contributed by atoms with Crippen molar-refractivity contribution in [2.24, 2.45) is 12.8 Å². The van der Waals surface area contributed by atoms with Crippen LogP contribution in [-0.4, -0.2) is 80.8 Å². The summed E-state index contributed by atoms with van der Waals surface area (Å²) in [4.78, 5) is 36.8. The number of aryl methyl sites for hydroxylation is 1. The average molecular weight is 538 g/mol. The third-order valence-electron chi connectivity index (χ3n) is 6.83. The van der Waals surface area contributed by atoms with Gasteiger partial charge in [0.05, 0.1) is 35.2 Å². The Morgan fingerprint density at radius 1 is 1.21 bits per heavy atom. The molecule has 0 spiro atoms. The molecule has 0 saturated carbocycles. The average Bonchev–Trinajstić information content (AvgIpc) is 3.26. The minimum atomic E-state index is -0.964. The zero-order valence-electron chi connectivity index (χ0n) is 21.9. The van der Waals surface area contributed by atoms with Crippen LogP contribution in [0, 0.1) is 5.82 Å². The van der Waals surface area contributed by atoms with Crippen LogP contribution in [0.4, 0.5) is 14.9 Å². The summed E-state index contributed by atoms with van der Waals surface area (Å²) in [6.45, 7) is 4.37. The third kappa shape index (κ3) is 4.65. The Morgan fingerprint density at radius 2 is 1.92 bits per heavy atom. The number of fused-ring (bicyclic) bond motifs is 2. The van der Waals surface area contributed by atoms with Gasteiger partial charge in [-0.25, -0.2) is 19.2 Å². The van der Waals surface area contributed by atoms with E-state index in [-0.39, 0.29) is 52.6 Å². The lowest BCUT2D eigenvalue weighted by Crippen LogP contribution is -2.58. The predicted molar refractivity (Wildman–Crippen MR) is 141 cm³/mol. The van der Waals surface area contributed by atoms with Crippen LogP contribution < -0.4 is 15.4 Å². The molecule has 13 heteroatoms. The van der Waals surface area contributed by atoms with Crippen molar-refractivity contribution in [3.8, 4) is 17.0 Å². The molecule has 4 heterocycles. The number of piperazine rings is 1. The molecule has 2 unspecified atom stereocenters. The number of hydrogen-bond donors (Lipinski definition) is 2. The van der Waals surface area contributed by atoms with Gasteiger partial charge in [0.1, 0.15) is 5.52 Å². The molecule has 1 saturated heterocycles. The highest BCUT2D eigenvalue weighted by Gasteiger charge is 2.33. The number of rotatable bonds is 6. The molecule has 3 N–H and O–H groups in total. The zero-order valence-corrected chi connectivity index (χ0v) is 21.9. The van der Waals surface area contributed by atoms with E-state index in [4.69, 9.17) is 15.2 Å². The number of hydrogen-bond acceptors (Lipinski definition) is 8. The number of pyridine rings is 2. The highest BCUT2D eigenvalue weighted by molar-refractivity contribution is 6.06. The van der Waals surface area contributed by atoms with E-state index in [1.807, 2.05) is 18.7 Å². The van der Waals surface area contributed by atoms with Crippen molar-refractivity contribution in [1.29, 1.82) is 0 Å². The van der Waals surface area contributed by atoms with E-state index in [2.05, 4.69) is 15.1 Å². The summed E-state index contributed by atoms with van der Waals surface area (Å²) in [6, 6.07) is 4.43. The largest absolute Gasteiger partial charge is 0.465 e. The van der Waals surface area contributed by atoms with Gasteiger partial charge < -0.3 is 25.2 Å². The lowest BCUT2D eigenvalue weighted by Gasteiger charge is -2.43. The second kappa shape index (κ2) is 9.98. The quantitative estimate of drug-likeness (QED) is 0.354. The van der Waals surface area contributed by atoms with E-state index in [0.717, 1.165) is 0 Å². The van der Waals surface area contributed by atoms with Crippen molar-refractivity contribution in [3.05, 3.63) is 42.0 Å². The molecule has 1 fully saturated rings. The van der Waals surface area contributed by atoms with Crippen molar-refractivity contribution in [1.82, 2.24) is 24.6 Å². The summed E-state index contributed by atoms with van der Waals surface area (Å²) in [5.74, 6) is -1.52.